The molecule has 0 radical (unpaired) electrons. The van der Waals surface area contributed by atoms with Gasteiger partial charge in [0.2, 0.25) is 0 Å². The molecule has 0 aliphatic heterocycles. The van der Waals surface area contributed by atoms with Crippen molar-refractivity contribution in [2.45, 2.75) is 33.2 Å². The Morgan fingerprint density at radius 2 is 2.11 bits per heavy atom. The predicted molar refractivity (Wildman–Crippen MR) is 79.7 cm³/mol. The van der Waals surface area contributed by atoms with Crippen molar-refractivity contribution in [3.8, 4) is 0 Å². The zero-order valence-corrected chi connectivity index (χ0v) is 12.3. The van der Waals surface area contributed by atoms with Gasteiger partial charge < -0.3 is 10.6 Å². The SMILES string of the molecule is CCCNc1cc(NC(C)c2nccs2)nc(C)n1. The highest BCUT2D eigenvalue weighted by Crippen LogP contribution is 2.21. The average molecular weight is 277 g/mol. The molecule has 1 atom stereocenters. The third-order valence-corrected chi connectivity index (χ3v) is 3.54. The monoisotopic (exact) mass is 277 g/mol. The second kappa shape index (κ2) is 6.47. The van der Waals surface area contributed by atoms with Crippen molar-refractivity contribution in [1.82, 2.24) is 15.0 Å². The molecule has 0 saturated carbocycles. The summed E-state index contributed by atoms with van der Waals surface area (Å²) < 4.78 is 0. The standard InChI is InChI=1S/C13H19N5S/c1-4-5-14-11-8-12(18-10(3)17-11)16-9(2)13-15-6-7-19-13/h6-9H,4-5H2,1-3H3,(H2,14,16,17,18). The molecule has 102 valence electrons. The number of thiazole rings is 1. The molecule has 5 nitrogen and oxygen atoms in total. The first-order valence-corrected chi connectivity index (χ1v) is 7.32. The summed E-state index contributed by atoms with van der Waals surface area (Å²) in [6.45, 7) is 7.02. The molecule has 0 spiro atoms. The lowest BCUT2D eigenvalue weighted by Gasteiger charge is -2.13. The predicted octanol–water partition coefficient (Wildman–Crippen LogP) is 3.24. The van der Waals surface area contributed by atoms with E-state index in [-0.39, 0.29) is 6.04 Å². The minimum Gasteiger partial charge on any atom is -0.370 e. The highest BCUT2D eigenvalue weighted by Gasteiger charge is 2.09. The van der Waals surface area contributed by atoms with Crippen LogP contribution in [-0.4, -0.2) is 21.5 Å². The van der Waals surface area contributed by atoms with Crippen molar-refractivity contribution >= 4 is 23.0 Å². The van der Waals surface area contributed by atoms with E-state index in [9.17, 15) is 0 Å². The molecule has 0 aromatic carbocycles. The van der Waals surface area contributed by atoms with Crippen molar-refractivity contribution in [2.24, 2.45) is 0 Å². The summed E-state index contributed by atoms with van der Waals surface area (Å²) >= 11 is 1.64. The van der Waals surface area contributed by atoms with Gasteiger partial charge in [-0.1, -0.05) is 6.92 Å². The van der Waals surface area contributed by atoms with E-state index < -0.39 is 0 Å². The van der Waals surface area contributed by atoms with E-state index in [1.54, 1.807) is 11.3 Å². The molecule has 2 heterocycles. The van der Waals surface area contributed by atoms with Gasteiger partial charge in [-0.05, 0) is 20.3 Å². The van der Waals surface area contributed by atoms with Gasteiger partial charge in [0.1, 0.15) is 22.5 Å². The van der Waals surface area contributed by atoms with E-state index in [0.717, 1.165) is 35.4 Å². The summed E-state index contributed by atoms with van der Waals surface area (Å²) in [4.78, 5) is 13.1. The molecule has 2 rings (SSSR count). The third kappa shape index (κ3) is 3.89. The molecule has 0 fully saturated rings. The number of anilines is 2. The fourth-order valence-corrected chi connectivity index (χ4v) is 2.36. The second-order valence-corrected chi connectivity index (χ2v) is 5.27. The molecular formula is C13H19N5S. The van der Waals surface area contributed by atoms with Crippen LogP contribution in [0.4, 0.5) is 11.6 Å². The maximum absolute atomic E-state index is 4.41. The van der Waals surface area contributed by atoms with Crippen molar-refractivity contribution in [2.75, 3.05) is 17.2 Å². The van der Waals surface area contributed by atoms with E-state index in [1.807, 2.05) is 24.6 Å². The minimum atomic E-state index is 0.147. The topological polar surface area (TPSA) is 62.7 Å². The Kier molecular flexibility index (Phi) is 4.68. The summed E-state index contributed by atoms with van der Waals surface area (Å²) in [5.74, 6) is 2.45. The molecule has 0 aliphatic carbocycles. The number of nitrogens with zero attached hydrogens (tertiary/aromatic N) is 3. The molecule has 2 aromatic rings. The molecule has 6 heteroatoms. The van der Waals surface area contributed by atoms with Crippen LogP contribution < -0.4 is 10.6 Å². The van der Waals surface area contributed by atoms with Gasteiger partial charge in [0.25, 0.3) is 0 Å². The van der Waals surface area contributed by atoms with Gasteiger partial charge in [-0.15, -0.1) is 11.3 Å². The van der Waals surface area contributed by atoms with Gasteiger partial charge >= 0.3 is 0 Å². The fraction of sp³-hybridized carbons (Fsp3) is 0.462. The second-order valence-electron chi connectivity index (χ2n) is 4.35. The first-order chi connectivity index (χ1) is 9.19. The van der Waals surface area contributed by atoms with Crippen LogP contribution in [0.3, 0.4) is 0 Å². The van der Waals surface area contributed by atoms with Gasteiger partial charge in [0.05, 0.1) is 6.04 Å². The van der Waals surface area contributed by atoms with E-state index in [1.165, 1.54) is 0 Å². The molecule has 0 saturated heterocycles. The van der Waals surface area contributed by atoms with E-state index in [2.05, 4.69) is 39.4 Å². The number of aryl methyl sites for hydroxylation is 1. The lowest BCUT2D eigenvalue weighted by atomic mass is 10.3. The summed E-state index contributed by atoms with van der Waals surface area (Å²) in [5.41, 5.74) is 0. The maximum atomic E-state index is 4.41. The first kappa shape index (κ1) is 13.7. The molecule has 0 amide bonds. The third-order valence-electron chi connectivity index (χ3n) is 2.58. The Morgan fingerprint density at radius 3 is 2.79 bits per heavy atom. The molecule has 0 aliphatic rings. The van der Waals surface area contributed by atoms with Gasteiger partial charge in [-0.2, -0.15) is 0 Å². The van der Waals surface area contributed by atoms with Gasteiger partial charge in [-0.25, -0.2) is 15.0 Å². The average Bonchev–Trinajstić information content (AvgIpc) is 2.89. The van der Waals surface area contributed by atoms with Gasteiger partial charge in [0.15, 0.2) is 0 Å². The normalized spacial score (nSPS) is 12.2. The number of aromatic nitrogens is 3. The lowest BCUT2D eigenvalue weighted by Crippen LogP contribution is -2.10. The molecule has 2 N–H and O–H groups in total. The number of nitrogens with one attached hydrogen (secondary N) is 2. The van der Waals surface area contributed by atoms with Crippen molar-refractivity contribution < 1.29 is 0 Å². The number of hydrogen-bond donors (Lipinski definition) is 2. The molecule has 1 unspecified atom stereocenters. The molecule has 19 heavy (non-hydrogen) atoms. The fourth-order valence-electron chi connectivity index (χ4n) is 1.72. The smallest absolute Gasteiger partial charge is 0.132 e. The Labute approximate surface area is 117 Å². The molecule has 0 bridgehead atoms. The summed E-state index contributed by atoms with van der Waals surface area (Å²) in [7, 11) is 0. The maximum Gasteiger partial charge on any atom is 0.132 e. The number of rotatable bonds is 6. The summed E-state index contributed by atoms with van der Waals surface area (Å²) in [5, 5.41) is 9.67. The van der Waals surface area contributed by atoms with Gasteiger partial charge in [0, 0.05) is 24.2 Å². The summed E-state index contributed by atoms with van der Waals surface area (Å²) in [6.07, 6.45) is 2.89. The van der Waals surface area contributed by atoms with E-state index >= 15 is 0 Å². The van der Waals surface area contributed by atoms with E-state index in [0.29, 0.717) is 0 Å². The van der Waals surface area contributed by atoms with E-state index in [4.69, 9.17) is 0 Å². The zero-order valence-electron chi connectivity index (χ0n) is 11.5. The van der Waals surface area contributed by atoms with Crippen LogP contribution in [0.1, 0.15) is 37.1 Å². The van der Waals surface area contributed by atoms with Crippen LogP contribution in [0.25, 0.3) is 0 Å². The highest BCUT2D eigenvalue weighted by atomic mass is 32.1. The first-order valence-electron chi connectivity index (χ1n) is 6.44. The van der Waals surface area contributed by atoms with Gasteiger partial charge in [-0.3, -0.25) is 0 Å². The number of hydrogen-bond acceptors (Lipinski definition) is 6. The largest absolute Gasteiger partial charge is 0.370 e. The Balaban J connectivity index is 2.09. The molecular weight excluding hydrogens is 258 g/mol. The Morgan fingerprint density at radius 1 is 1.32 bits per heavy atom. The van der Waals surface area contributed by atoms with Crippen LogP contribution in [0, 0.1) is 6.92 Å². The van der Waals surface area contributed by atoms with Crippen LogP contribution in [0.15, 0.2) is 17.6 Å². The minimum absolute atomic E-state index is 0.147. The van der Waals surface area contributed by atoms with Crippen LogP contribution >= 0.6 is 11.3 Å². The van der Waals surface area contributed by atoms with Crippen LogP contribution in [0.5, 0.6) is 0 Å². The van der Waals surface area contributed by atoms with Crippen molar-refractivity contribution in [3.63, 3.8) is 0 Å². The van der Waals surface area contributed by atoms with Crippen molar-refractivity contribution in [3.05, 3.63) is 28.5 Å². The van der Waals surface area contributed by atoms with Crippen LogP contribution in [0.2, 0.25) is 0 Å². The lowest BCUT2D eigenvalue weighted by molar-refractivity contribution is 0.853. The Bertz CT molecular complexity index is 512. The Hall–Kier alpha value is -1.69. The molecule has 2 aromatic heterocycles. The van der Waals surface area contributed by atoms with Crippen molar-refractivity contribution in [1.29, 1.82) is 0 Å². The van der Waals surface area contributed by atoms with Crippen LogP contribution in [-0.2, 0) is 0 Å². The zero-order chi connectivity index (χ0) is 13.7. The highest BCUT2D eigenvalue weighted by molar-refractivity contribution is 7.09. The quantitative estimate of drug-likeness (QED) is 0.848. The summed E-state index contributed by atoms with van der Waals surface area (Å²) in [6, 6.07) is 2.08.